The third kappa shape index (κ3) is 1.83. The Bertz CT molecular complexity index is 278. The van der Waals surface area contributed by atoms with E-state index in [2.05, 4.69) is 10.3 Å². The topological polar surface area (TPSA) is 50.1 Å². The van der Waals surface area contributed by atoms with E-state index in [9.17, 15) is 0 Å². The van der Waals surface area contributed by atoms with E-state index in [0.717, 1.165) is 25.3 Å². The highest BCUT2D eigenvalue weighted by Gasteiger charge is 2.26. The van der Waals surface area contributed by atoms with Gasteiger partial charge < -0.3 is 15.0 Å². The van der Waals surface area contributed by atoms with Crippen LogP contribution in [0.5, 0.6) is 0 Å². The van der Waals surface area contributed by atoms with Crippen molar-refractivity contribution in [3.63, 3.8) is 0 Å². The third-order valence-corrected chi connectivity index (χ3v) is 2.58. The first-order valence-corrected chi connectivity index (χ1v) is 4.65. The van der Waals surface area contributed by atoms with E-state index in [1.165, 1.54) is 0 Å². The van der Waals surface area contributed by atoms with E-state index >= 15 is 0 Å². The van der Waals surface area contributed by atoms with Gasteiger partial charge in [-0.2, -0.15) is 0 Å². The number of imidazole rings is 1. The highest BCUT2D eigenvalue weighted by Crippen LogP contribution is 2.26. The van der Waals surface area contributed by atoms with Gasteiger partial charge in [0.2, 0.25) is 5.95 Å². The summed E-state index contributed by atoms with van der Waals surface area (Å²) < 4.78 is 1.95. The van der Waals surface area contributed by atoms with Gasteiger partial charge in [-0.05, 0) is 18.8 Å². The highest BCUT2D eigenvalue weighted by atomic mass is 16.3. The first kappa shape index (κ1) is 8.56. The van der Waals surface area contributed by atoms with Crippen molar-refractivity contribution < 1.29 is 5.11 Å². The second kappa shape index (κ2) is 3.38. The molecule has 0 aliphatic heterocycles. The Labute approximate surface area is 77.6 Å². The summed E-state index contributed by atoms with van der Waals surface area (Å²) in [5.41, 5.74) is 0. The van der Waals surface area contributed by atoms with Crippen LogP contribution in [-0.2, 0) is 7.05 Å². The average Bonchev–Trinajstić information content (AvgIpc) is 2.43. The molecular weight excluding hydrogens is 166 g/mol. The van der Waals surface area contributed by atoms with Crippen LogP contribution in [-0.4, -0.2) is 27.3 Å². The zero-order valence-electron chi connectivity index (χ0n) is 7.77. The predicted octanol–water partition coefficient (Wildman–Crippen LogP) is 0.603. The van der Waals surface area contributed by atoms with E-state index in [4.69, 9.17) is 5.11 Å². The largest absolute Gasteiger partial charge is 0.393 e. The summed E-state index contributed by atoms with van der Waals surface area (Å²) in [6, 6.07) is 0. The van der Waals surface area contributed by atoms with Crippen molar-refractivity contribution >= 4 is 5.95 Å². The summed E-state index contributed by atoms with van der Waals surface area (Å²) in [7, 11) is 1.96. The number of rotatable bonds is 3. The van der Waals surface area contributed by atoms with Crippen molar-refractivity contribution in [1.82, 2.24) is 9.55 Å². The van der Waals surface area contributed by atoms with Crippen molar-refractivity contribution in [2.24, 2.45) is 13.0 Å². The van der Waals surface area contributed by atoms with Crippen LogP contribution in [0.2, 0.25) is 0 Å². The van der Waals surface area contributed by atoms with Crippen molar-refractivity contribution in [3.05, 3.63) is 12.4 Å². The number of anilines is 1. The molecule has 1 aromatic rings. The number of aromatic nitrogens is 2. The maximum atomic E-state index is 9.08. The van der Waals surface area contributed by atoms with E-state index in [1.807, 2.05) is 17.8 Å². The molecular formula is C9H15N3O. The van der Waals surface area contributed by atoms with Crippen molar-refractivity contribution in [3.8, 4) is 0 Å². The minimum atomic E-state index is -0.0619. The molecule has 1 aliphatic carbocycles. The Morgan fingerprint density at radius 2 is 2.46 bits per heavy atom. The Hall–Kier alpha value is -1.03. The van der Waals surface area contributed by atoms with Crippen molar-refractivity contribution in [1.29, 1.82) is 0 Å². The third-order valence-electron chi connectivity index (χ3n) is 2.58. The molecule has 0 unspecified atom stereocenters. The average molecular weight is 181 g/mol. The molecule has 0 spiro atoms. The summed E-state index contributed by atoms with van der Waals surface area (Å²) >= 11 is 0. The summed E-state index contributed by atoms with van der Waals surface area (Å²) in [6.07, 6.45) is 5.48. The van der Waals surface area contributed by atoms with Crippen LogP contribution in [0.3, 0.4) is 0 Å². The SMILES string of the molecule is Cn1ccnc1NCC1CC(O)C1. The van der Waals surface area contributed by atoms with E-state index in [-0.39, 0.29) is 6.10 Å². The molecule has 13 heavy (non-hydrogen) atoms. The van der Waals surface area contributed by atoms with Gasteiger partial charge in [0.1, 0.15) is 0 Å². The van der Waals surface area contributed by atoms with Crippen LogP contribution in [0.25, 0.3) is 0 Å². The molecule has 4 heteroatoms. The van der Waals surface area contributed by atoms with Crippen LogP contribution in [0.4, 0.5) is 5.95 Å². The summed E-state index contributed by atoms with van der Waals surface area (Å²) in [6.45, 7) is 0.919. The molecule has 1 heterocycles. The van der Waals surface area contributed by atoms with Crippen LogP contribution in [0, 0.1) is 5.92 Å². The fraction of sp³-hybridized carbons (Fsp3) is 0.667. The zero-order chi connectivity index (χ0) is 9.26. The van der Waals surface area contributed by atoms with Gasteiger partial charge in [0.05, 0.1) is 6.10 Å². The normalized spacial score (nSPS) is 26.9. The maximum absolute atomic E-state index is 9.08. The summed E-state index contributed by atoms with van der Waals surface area (Å²) in [5, 5.41) is 12.3. The number of aliphatic hydroxyl groups excluding tert-OH is 1. The molecule has 1 fully saturated rings. The molecule has 0 aromatic carbocycles. The molecule has 0 bridgehead atoms. The van der Waals surface area contributed by atoms with Crippen LogP contribution < -0.4 is 5.32 Å². The first-order valence-electron chi connectivity index (χ1n) is 4.65. The van der Waals surface area contributed by atoms with Crippen molar-refractivity contribution in [2.45, 2.75) is 18.9 Å². The lowest BCUT2D eigenvalue weighted by atomic mass is 9.82. The monoisotopic (exact) mass is 181 g/mol. The van der Waals surface area contributed by atoms with Gasteiger partial charge in [-0.25, -0.2) is 4.98 Å². The number of hydrogen-bond acceptors (Lipinski definition) is 3. The zero-order valence-corrected chi connectivity index (χ0v) is 7.77. The Balaban J connectivity index is 1.77. The summed E-state index contributed by atoms with van der Waals surface area (Å²) in [5.74, 6) is 1.52. The number of aryl methyl sites for hydroxylation is 1. The molecule has 1 saturated carbocycles. The Kier molecular flexibility index (Phi) is 2.22. The minimum absolute atomic E-state index is 0.0619. The van der Waals surface area contributed by atoms with Gasteiger partial charge in [0.15, 0.2) is 0 Å². The molecule has 72 valence electrons. The minimum Gasteiger partial charge on any atom is -0.393 e. The maximum Gasteiger partial charge on any atom is 0.202 e. The van der Waals surface area contributed by atoms with Gasteiger partial charge in [0, 0.05) is 26.0 Å². The van der Waals surface area contributed by atoms with Gasteiger partial charge in [0.25, 0.3) is 0 Å². The van der Waals surface area contributed by atoms with Crippen LogP contribution in [0.15, 0.2) is 12.4 Å². The van der Waals surface area contributed by atoms with Gasteiger partial charge in [-0.3, -0.25) is 0 Å². The van der Waals surface area contributed by atoms with E-state index in [0.29, 0.717) is 5.92 Å². The van der Waals surface area contributed by atoms with Gasteiger partial charge >= 0.3 is 0 Å². The molecule has 2 rings (SSSR count). The molecule has 0 radical (unpaired) electrons. The number of nitrogens with zero attached hydrogens (tertiary/aromatic N) is 2. The second-order valence-corrected chi connectivity index (χ2v) is 3.73. The Morgan fingerprint density at radius 1 is 1.69 bits per heavy atom. The summed E-state index contributed by atoms with van der Waals surface area (Å²) in [4.78, 5) is 4.15. The number of hydrogen-bond donors (Lipinski definition) is 2. The standard InChI is InChI=1S/C9H15N3O/c1-12-3-2-10-9(12)11-6-7-4-8(13)5-7/h2-3,7-8,13H,4-6H2,1H3,(H,10,11). The fourth-order valence-electron chi connectivity index (χ4n) is 1.64. The van der Waals surface area contributed by atoms with E-state index < -0.39 is 0 Å². The fourth-order valence-corrected chi connectivity index (χ4v) is 1.64. The number of aliphatic hydroxyl groups is 1. The second-order valence-electron chi connectivity index (χ2n) is 3.73. The number of nitrogens with one attached hydrogen (secondary N) is 1. The van der Waals surface area contributed by atoms with E-state index in [1.54, 1.807) is 6.20 Å². The molecule has 0 atom stereocenters. The van der Waals surface area contributed by atoms with Gasteiger partial charge in [-0.15, -0.1) is 0 Å². The lowest BCUT2D eigenvalue weighted by Crippen LogP contribution is -2.33. The molecule has 0 amide bonds. The quantitative estimate of drug-likeness (QED) is 0.718. The lowest BCUT2D eigenvalue weighted by molar-refractivity contribution is 0.0486. The lowest BCUT2D eigenvalue weighted by Gasteiger charge is -2.31. The Morgan fingerprint density at radius 3 is 3.00 bits per heavy atom. The highest BCUT2D eigenvalue weighted by molar-refractivity contribution is 5.25. The molecule has 0 saturated heterocycles. The molecule has 1 aliphatic rings. The van der Waals surface area contributed by atoms with Crippen molar-refractivity contribution in [2.75, 3.05) is 11.9 Å². The predicted molar refractivity (Wildman–Crippen MR) is 50.4 cm³/mol. The molecule has 4 nitrogen and oxygen atoms in total. The van der Waals surface area contributed by atoms with Gasteiger partial charge in [-0.1, -0.05) is 0 Å². The van der Waals surface area contributed by atoms with Crippen LogP contribution >= 0.6 is 0 Å². The molecule has 1 aromatic heterocycles. The van der Waals surface area contributed by atoms with Crippen LogP contribution in [0.1, 0.15) is 12.8 Å². The molecule has 2 N–H and O–H groups in total. The first-order chi connectivity index (χ1) is 6.25. The smallest absolute Gasteiger partial charge is 0.202 e.